The fourth-order valence-corrected chi connectivity index (χ4v) is 2.61. The van der Waals surface area contributed by atoms with Gasteiger partial charge in [-0.05, 0) is 12.2 Å². The van der Waals surface area contributed by atoms with Crippen LogP contribution in [0, 0.1) is 0 Å². The van der Waals surface area contributed by atoms with Crippen molar-refractivity contribution < 1.29 is 0 Å². The number of fused-ring (bicyclic) bond motifs is 2. The molecule has 0 fully saturated rings. The first-order chi connectivity index (χ1) is 6.86. The highest BCUT2D eigenvalue weighted by atomic mass is 79.9. The molecular formula is C10H10BrN3. The summed E-state index contributed by atoms with van der Waals surface area (Å²) in [6.45, 7) is 1.89. The molecule has 3 nitrogen and oxygen atoms in total. The van der Waals surface area contributed by atoms with Crippen LogP contribution in [0.5, 0.6) is 0 Å². The smallest absolute Gasteiger partial charge is 0.153 e. The molecule has 0 aliphatic carbocycles. The van der Waals surface area contributed by atoms with Crippen molar-refractivity contribution in [1.82, 2.24) is 9.80 Å². The minimum absolute atomic E-state index is 0.361. The monoisotopic (exact) mass is 251 g/mol. The summed E-state index contributed by atoms with van der Waals surface area (Å²) in [6, 6.07) is 0. The molecule has 3 heterocycles. The Morgan fingerprint density at radius 2 is 2.36 bits per heavy atom. The second-order valence-corrected chi connectivity index (χ2v) is 4.52. The van der Waals surface area contributed by atoms with Gasteiger partial charge in [0, 0.05) is 12.4 Å². The van der Waals surface area contributed by atoms with E-state index in [9.17, 15) is 0 Å². The molecule has 14 heavy (non-hydrogen) atoms. The van der Waals surface area contributed by atoms with E-state index in [0.717, 1.165) is 18.9 Å². The van der Waals surface area contributed by atoms with Crippen LogP contribution in [0.4, 0.5) is 0 Å². The Labute approximate surface area is 91.2 Å². The predicted octanol–water partition coefficient (Wildman–Crippen LogP) is 1.66. The van der Waals surface area contributed by atoms with Gasteiger partial charge in [0.25, 0.3) is 0 Å². The fraction of sp³-hybridized carbons (Fsp3) is 0.300. The average Bonchev–Trinajstić information content (AvgIpc) is 2.67. The zero-order valence-corrected chi connectivity index (χ0v) is 9.18. The number of hydrogen-bond donors (Lipinski definition) is 0. The largest absolute Gasteiger partial charge is 0.342 e. The average molecular weight is 252 g/mol. The number of alkyl halides is 1. The van der Waals surface area contributed by atoms with E-state index >= 15 is 0 Å². The fourth-order valence-electron chi connectivity index (χ4n) is 1.94. The summed E-state index contributed by atoms with van der Waals surface area (Å²) in [6.07, 6.45) is 10.3. The first kappa shape index (κ1) is 8.29. The number of nitrogens with zero attached hydrogens (tertiary/aromatic N) is 3. The molecule has 3 aliphatic heterocycles. The second kappa shape index (κ2) is 2.98. The van der Waals surface area contributed by atoms with E-state index in [1.165, 1.54) is 5.70 Å². The van der Waals surface area contributed by atoms with E-state index in [4.69, 9.17) is 0 Å². The Morgan fingerprint density at radius 3 is 3.29 bits per heavy atom. The summed E-state index contributed by atoms with van der Waals surface area (Å²) < 4.78 is 0. The molecule has 0 aromatic carbocycles. The van der Waals surface area contributed by atoms with Crippen molar-refractivity contribution in [2.45, 2.75) is 4.95 Å². The first-order valence-electron chi connectivity index (χ1n) is 4.65. The lowest BCUT2D eigenvalue weighted by Crippen LogP contribution is -2.42. The topological polar surface area (TPSA) is 18.8 Å². The highest BCUT2D eigenvalue weighted by Gasteiger charge is 2.31. The maximum atomic E-state index is 4.42. The van der Waals surface area contributed by atoms with E-state index in [-0.39, 0.29) is 0 Å². The van der Waals surface area contributed by atoms with E-state index in [2.05, 4.69) is 55.2 Å². The third-order valence-corrected chi connectivity index (χ3v) is 3.40. The highest BCUT2D eigenvalue weighted by molar-refractivity contribution is 9.09. The summed E-state index contributed by atoms with van der Waals surface area (Å²) >= 11 is 3.67. The van der Waals surface area contributed by atoms with E-state index in [1.54, 1.807) is 0 Å². The quantitative estimate of drug-likeness (QED) is 0.482. The van der Waals surface area contributed by atoms with Crippen LogP contribution in [0.1, 0.15) is 0 Å². The van der Waals surface area contributed by atoms with Crippen LogP contribution in [0.3, 0.4) is 0 Å². The van der Waals surface area contributed by atoms with Crippen molar-refractivity contribution in [3.8, 4) is 0 Å². The van der Waals surface area contributed by atoms with Gasteiger partial charge in [-0.25, -0.2) is 4.99 Å². The van der Waals surface area contributed by atoms with Gasteiger partial charge >= 0.3 is 0 Å². The lowest BCUT2D eigenvalue weighted by molar-refractivity contribution is 0.277. The summed E-state index contributed by atoms with van der Waals surface area (Å²) in [5, 5.41) is 0. The van der Waals surface area contributed by atoms with Crippen molar-refractivity contribution in [3.63, 3.8) is 0 Å². The number of halogens is 1. The summed E-state index contributed by atoms with van der Waals surface area (Å²) in [5.41, 5.74) is 1.21. The minimum atomic E-state index is 0.361. The molecule has 1 unspecified atom stereocenters. The van der Waals surface area contributed by atoms with Crippen LogP contribution in [0.15, 0.2) is 40.9 Å². The number of aliphatic imine (C=N–C) groups is 1. The van der Waals surface area contributed by atoms with E-state index in [1.807, 2.05) is 6.21 Å². The molecule has 0 amide bonds. The molecule has 0 saturated carbocycles. The molecule has 0 aromatic heterocycles. The Morgan fingerprint density at radius 1 is 1.43 bits per heavy atom. The van der Waals surface area contributed by atoms with Gasteiger partial charge in [-0.3, -0.25) is 0 Å². The normalized spacial score (nSPS) is 28.5. The maximum absolute atomic E-state index is 4.42. The molecule has 3 rings (SSSR count). The van der Waals surface area contributed by atoms with E-state index in [0.29, 0.717) is 4.95 Å². The summed E-state index contributed by atoms with van der Waals surface area (Å²) in [7, 11) is 0. The Balaban J connectivity index is 2.10. The molecule has 4 heteroatoms. The standard InChI is InChI=1S/C10H10BrN3/c11-9-7-13-5-2-1-3-8(13)10-12-4-6-14(9)10/h1-5,9H,6-7H2. The molecule has 1 atom stereocenters. The van der Waals surface area contributed by atoms with Gasteiger partial charge in [0.15, 0.2) is 5.82 Å². The molecule has 0 bridgehead atoms. The van der Waals surface area contributed by atoms with Crippen molar-refractivity contribution >= 4 is 22.1 Å². The maximum Gasteiger partial charge on any atom is 0.153 e. The molecule has 0 spiro atoms. The number of rotatable bonds is 0. The van der Waals surface area contributed by atoms with Crippen LogP contribution in [-0.4, -0.2) is 34.1 Å². The van der Waals surface area contributed by atoms with Gasteiger partial charge in [-0.2, -0.15) is 0 Å². The van der Waals surface area contributed by atoms with Gasteiger partial charge in [0.1, 0.15) is 4.95 Å². The van der Waals surface area contributed by atoms with Crippen molar-refractivity contribution in [3.05, 3.63) is 35.9 Å². The zero-order chi connectivity index (χ0) is 9.54. The first-order valence-corrected chi connectivity index (χ1v) is 5.57. The van der Waals surface area contributed by atoms with Crippen LogP contribution in [-0.2, 0) is 0 Å². The highest BCUT2D eigenvalue weighted by Crippen LogP contribution is 2.31. The molecule has 0 N–H and O–H groups in total. The lowest BCUT2D eigenvalue weighted by atomic mass is 10.2. The molecule has 0 aromatic rings. The van der Waals surface area contributed by atoms with Crippen LogP contribution >= 0.6 is 15.9 Å². The minimum Gasteiger partial charge on any atom is -0.342 e. The van der Waals surface area contributed by atoms with Crippen molar-refractivity contribution in [2.75, 3.05) is 13.1 Å². The Bertz CT molecular complexity index is 381. The van der Waals surface area contributed by atoms with Gasteiger partial charge in [0.2, 0.25) is 0 Å². The van der Waals surface area contributed by atoms with Crippen LogP contribution < -0.4 is 0 Å². The van der Waals surface area contributed by atoms with Crippen molar-refractivity contribution in [1.29, 1.82) is 0 Å². The molecular weight excluding hydrogens is 242 g/mol. The van der Waals surface area contributed by atoms with Crippen LogP contribution in [0.25, 0.3) is 0 Å². The van der Waals surface area contributed by atoms with Crippen LogP contribution in [0.2, 0.25) is 0 Å². The lowest BCUT2D eigenvalue weighted by Gasteiger charge is -2.38. The SMILES string of the molecule is BrC1CN2C=CC=CC2=C2N=CCN21. The third-order valence-electron chi connectivity index (χ3n) is 2.62. The van der Waals surface area contributed by atoms with Gasteiger partial charge in [0.05, 0.1) is 18.8 Å². The Hall–Kier alpha value is -1.03. The van der Waals surface area contributed by atoms with Crippen molar-refractivity contribution in [2.24, 2.45) is 4.99 Å². The number of allylic oxidation sites excluding steroid dienone is 3. The van der Waals surface area contributed by atoms with Gasteiger partial charge in [-0.15, -0.1) is 0 Å². The Kier molecular flexibility index (Phi) is 1.77. The summed E-state index contributed by atoms with van der Waals surface area (Å²) in [5.74, 6) is 1.08. The molecule has 0 saturated heterocycles. The number of hydrogen-bond acceptors (Lipinski definition) is 3. The third kappa shape index (κ3) is 1.07. The summed E-state index contributed by atoms with van der Waals surface area (Å²) in [4.78, 5) is 9.28. The molecule has 72 valence electrons. The zero-order valence-electron chi connectivity index (χ0n) is 7.60. The molecule has 3 aliphatic rings. The molecule has 0 radical (unpaired) electrons. The van der Waals surface area contributed by atoms with Gasteiger partial charge in [-0.1, -0.05) is 22.0 Å². The van der Waals surface area contributed by atoms with Gasteiger partial charge < -0.3 is 9.80 Å². The van der Waals surface area contributed by atoms with E-state index < -0.39 is 0 Å². The predicted molar refractivity (Wildman–Crippen MR) is 59.9 cm³/mol. The second-order valence-electron chi connectivity index (χ2n) is 3.46.